The lowest BCUT2D eigenvalue weighted by atomic mass is 9.44. The zero-order chi connectivity index (χ0) is 19.4. The van der Waals surface area contributed by atoms with Gasteiger partial charge in [0.2, 0.25) is 0 Å². The Morgan fingerprint density at radius 2 is 1.85 bits per heavy atom. The van der Waals surface area contributed by atoms with Gasteiger partial charge in [0.1, 0.15) is 0 Å². The maximum absolute atomic E-state index is 11.5. The molecule has 4 saturated carbocycles. The van der Waals surface area contributed by atoms with Gasteiger partial charge in [-0.1, -0.05) is 33.6 Å². The number of rotatable bonds is 4. The van der Waals surface area contributed by atoms with Gasteiger partial charge in [0.15, 0.2) is 0 Å². The van der Waals surface area contributed by atoms with Gasteiger partial charge in [0.25, 0.3) is 0 Å². The smallest absolute Gasteiger partial charge is 0.303 e. The third-order valence-electron chi connectivity index (χ3n) is 10.3. The molecule has 3 nitrogen and oxygen atoms in total. The first-order chi connectivity index (χ1) is 12.8. The first kappa shape index (κ1) is 19.7. The van der Waals surface area contributed by atoms with Gasteiger partial charge in [-0.05, 0) is 97.7 Å². The molecule has 9 atom stereocenters. The Kier molecular flexibility index (Phi) is 5.15. The monoisotopic (exact) mass is 376 g/mol. The zero-order valence-corrected chi connectivity index (χ0v) is 17.6. The number of carboxylic acid groups (broad SMARTS) is 1. The van der Waals surface area contributed by atoms with Crippen molar-refractivity contribution in [1.82, 2.24) is 0 Å². The molecule has 4 aliphatic rings. The highest BCUT2D eigenvalue weighted by Gasteiger charge is 2.63. The molecule has 0 amide bonds. The Balaban J connectivity index is 1.57. The number of carbonyl (C=O) groups is 1. The highest BCUT2D eigenvalue weighted by Crippen LogP contribution is 2.68. The van der Waals surface area contributed by atoms with E-state index in [1.807, 2.05) is 0 Å². The molecule has 0 bridgehead atoms. The minimum atomic E-state index is -0.686. The molecule has 0 aromatic carbocycles. The molecule has 154 valence electrons. The highest BCUT2D eigenvalue weighted by atomic mass is 16.4. The number of hydrogen-bond donors (Lipinski definition) is 2. The molecule has 4 fully saturated rings. The van der Waals surface area contributed by atoms with Crippen molar-refractivity contribution in [3.63, 3.8) is 0 Å². The van der Waals surface area contributed by atoms with Crippen LogP contribution >= 0.6 is 0 Å². The second kappa shape index (κ2) is 7.04. The molecule has 0 aromatic rings. The van der Waals surface area contributed by atoms with Gasteiger partial charge in [-0.3, -0.25) is 4.79 Å². The van der Waals surface area contributed by atoms with Crippen molar-refractivity contribution in [2.24, 2.45) is 46.3 Å². The zero-order valence-electron chi connectivity index (χ0n) is 17.6. The fraction of sp³-hybridized carbons (Fsp3) is 0.958. The van der Waals surface area contributed by atoms with Gasteiger partial charge < -0.3 is 10.2 Å². The highest BCUT2D eigenvalue weighted by molar-refractivity contribution is 5.66. The summed E-state index contributed by atoms with van der Waals surface area (Å²) in [6.07, 6.45) is 12.6. The molecule has 27 heavy (non-hydrogen) atoms. The quantitative estimate of drug-likeness (QED) is 0.680. The Bertz CT molecular complexity index is 574. The van der Waals surface area contributed by atoms with Crippen LogP contribution in [0.3, 0.4) is 0 Å². The average Bonchev–Trinajstić information content (AvgIpc) is 2.99. The SMILES string of the molecule is C[C@H](CCC(=O)O)[C@H]1CCC2C3CCC4CCCC[C@]4(C)C3C[C@H](O)[C@@]21C. The number of hydrogen-bond acceptors (Lipinski definition) is 2. The van der Waals surface area contributed by atoms with Crippen LogP contribution in [0.25, 0.3) is 0 Å². The van der Waals surface area contributed by atoms with E-state index in [0.29, 0.717) is 29.1 Å². The van der Waals surface area contributed by atoms with Gasteiger partial charge in [-0.25, -0.2) is 0 Å². The van der Waals surface area contributed by atoms with Gasteiger partial charge in [0, 0.05) is 6.42 Å². The summed E-state index contributed by atoms with van der Waals surface area (Å²) in [6, 6.07) is 0. The molecule has 2 N–H and O–H groups in total. The lowest BCUT2D eigenvalue weighted by Gasteiger charge is -2.62. The van der Waals surface area contributed by atoms with Crippen LogP contribution < -0.4 is 0 Å². The van der Waals surface area contributed by atoms with E-state index in [1.165, 1.54) is 51.4 Å². The van der Waals surface area contributed by atoms with E-state index in [1.54, 1.807) is 0 Å². The Hall–Kier alpha value is -0.570. The van der Waals surface area contributed by atoms with E-state index in [4.69, 9.17) is 5.11 Å². The first-order valence-corrected chi connectivity index (χ1v) is 11.7. The molecule has 0 radical (unpaired) electrons. The number of aliphatic hydroxyl groups excluding tert-OH is 1. The Morgan fingerprint density at radius 3 is 2.59 bits per heavy atom. The fourth-order valence-corrected chi connectivity index (χ4v) is 8.77. The average molecular weight is 377 g/mol. The van der Waals surface area contributed by atoms with Crippen LogP contribution in [0.4, 0.5) is 0 Å². The van der Waals surface area contributed by atoms with E-state index in [-0.39, 0.29) is 17.9 Å². The van der Waals surface area contributed by atoms with Gasteiger partial charge in [-0.15, -0.1) is 0 Å². The summed E-state index contributed by atoms with van der Waals surface area (Å²) in [5.41, 5.74) is 0.452. The van der Waals surface area contributed by atoms with Crippen molar-refractivity contribution < 1.29 is 15.0 Å². The minimum Gasteiger partial charge on any atom is -0.481 e. The summed E-state index contributed by atoms with van der Waals surface area (Å²) in [6.45, 7) is 7.16. The van der Waals surface area contributed by atoms with Crippen molar-refractivity contribution in [1.29, 1.82) is 0 Å². The second-order valence-corrected chi connectivity index (χ2v) is 11.1. The molecule has 4 rings (SSSR count). The maximum atomic E-state index is 11.5. The third-order valence-corrected chi connectivity index (χ3v) is 10.3. The van der Waals surface area contributed by atoms with Crippen LogP contribution in [0.2, 0.25) is 0 Å². The van der Waals surface area contributed by atoms with E-state index in [0.717, 1.165) is 24.7 Å². The molecule has 0 saturated heterocycles. The molecular formula is C24H40O3. The molecule has 0 aromatic heterocycles. The van der Waals surface area contributed by atoms with E-state index in [9.17, 15) is 9.90 Å². The predicted octanol–water partition coefficient (Wildman–Crippen LogP) is 5.51. The lowest BCUT2D eigenvalue weighted by Crippen LogP contribution is -2.58. The summed E-state index contributed by atoms with van der Waals surface area (Å²) < 4.78 is 0. The largest absolute Gasteiger partial charge is 0.481 e. The van der Waals surface area contributed by atoms with Gasteiger partial charge >= 0.3 is 5.97 Å². The normalized spacial score (nSPS) is 50.4. The summed E-state index contributed by atoms with van der Waals surface area (Å²) >= 11 is 0. The Morgan fingerprint density at radius 1 is 1.07 bits per heavy atom. The molecule has 4 unspecified atom stereocenters. The standard InChI is InChI=1S/C24H40O3/c1-15(7-12-22(26)27)18-10-11-19-17-9-8-16-6-4-5-13-23(16,2)20(17)14-21(25)24(18,19)3/h15-21,25H,4-14H2,1-3H3,(H,26,27)/t15-,16?,17?,18-,19?,20?,21+,23+,24-/m1/s1. The van der Waals surface area contributed by atoms with E-state index >= 15 is 0 Å². The summed E-state index contributed by atoms with van der Waals surface area (Å²) in [4.78, 5) is 11.1. The van der Waals surface area contributed by atoms with Crippen LogP contribution in [0, 0.1) is 46.3 Å². The fourth-order valence-electron chi connectivity index (χ4n) is 8.77. The molecule has 3 heteroatoms. The molecular weight excluding hydrogens is 336 g/mol. The Labute approximate surface area is 165 Å². The summed E-state index contributed by atoms with van der Waals surface area (Å²) in [5.74, 6) is 3.21. The van der Waals surface area contributed by atoms with Crippen molar-refractivity contribution in [2.45, 2.75) is 97.5 Å². The van der Waals surface area contributed by atoms with Crippen LogP contribution in [0.15, 0.2) is 0 Å². The summed E-state index contributed by atoms with van der Waals surface area (Å²) in [7, 11) is 0. The van der Waals surface area contributed by atoms with Gasteiger partial charge in [0.05, 0.1) is 6.10 Å². The number of aliphatic carboxylic acids is 1. The second-order valence-electron chi connectivity index (χ2n) is 11.1. The molecule has 0 spiro atoms. The van der Waals surface area contributed by atoms with E-state index in [2.05, 4.69) is 20.8 Å². The van der Waals surface area contributed by atoms with Crippen LogP contribution in [0.1, 0.15) is 91.4 Å². The predicted molar refractivity (Wildman–Crippen MR) is 107 cm³/mol. The van der Waals surface area contributed by atoms with Crippen LogP contribution in [-0.4, -0.2) is 22.3 Å². The minimum absolute atomic E-state index is 0.00303. The lowest BCUT2D eigenvalue weighted by molar-refractivity contribution is -0.168. The number of carboxylic acids is 1. The van der Waals surface area contributed by atoms with Crippen molar-refractivity contribution in [3.05, 3.63) is 0 Å². The van der Waals surface area contributed by atoms with Crippen molar-refractivity contribution in [2.75, 3.05) is 0 Å². The number of fused-ring (bicyclic) bond motifs is 5. The molecule has 4 aliphatic carbocycles. The van der Waals surface area contributed by atoms with Crippen LogP contribution in [0.5, 0.6) is 0 Å². The summed E-state index contributed by atoms with van der Waals surface area (Å²) in [5, 5.41) is 20.6. The van der Waals surface area contributed by atoms with Crippen molar-refractivity contribution in [3.8, 4) is 0 Å². The topological polar surface area (TPSA) is 57.5 Å². The maximum Gasteiger partial charge on any atom is 0.303 e. The van der Waals surface area contributed by atoms with E-state index < -0.39 is 5.97 Å². The molecule has 0 heterocycles. The first-order valence-electron chi connectivity index (χ1n) is 11.7. The van der Waals surface area contributed by atoms with Crippen LogP contribution in [-0.2, 0) is 4.79 Å². The number of aliphatic hydroxyl groups is 1. The van der Waals surface area contributed by atoms with Gasteiger partial charge in [-0.2, -0.15) is 0 Å². The van der Waals surface area contributed by atoms with Crippen molar-refractivity contribution >= 4 is 5.97 Å². The third kappa shape index (κ3) is 2.98. The molecule has 0 aliphatic heterocycles.